The molecule has 1 aromatic carbocycles. The van der Waals surface area contributed by atoms with E-state index >= 15 is 0 Å². The van der Waals surface area contributed by atoms with Crippen LogP contribution in [0.2, 0.25) is 0 Å². The zero-order valence-electron chi connectivity index (χ0n) is 25.8. The van der Waals surface area contributed by atoms with Crippen LogP contribution in [0.5, 0.6) is 0 Å². The van der Waals surface area contributed by atoms with Crippen molar-refractivity contribution in [1.82, 2.24) is 20.0 Å². The van der Waals surface area contributed by atoms with Gasteiger partial charge in [-0.25, -0.2) is 9.18 Å². The van der Waals surface area contributed by atoms with Gasteiger partial charge in [0.15, 0.2) is 0 Å². The maximum absolute atomic E-state index is 14.1. The van der Waals surface area contributed by atoms with Gasteiger partial charge >= 0.3 is 13.2 Å². The Morgan fingerprint density at radius 2 is 1.88 bits per heavy atom. The minimum Gasteiger partial charge on any atom is -0.444 e. The second kappa shape index (κ2) is 11.1. The molecule has 230 valence electrons. The maximum Gasteiger partial charge on any atom is 0.482 e. The molecule has 2 bridgehead atoms. The summed E-state index contributed by atoms with van der Waals surface area (Å²) in [6, 6.07) is 4.91. The third kappa shape index (κ3) is 6.17. The summed E-state index contributed by atoms with van der Waals surface area (Å²) in [6.07, 6.45) is 1.46. The molecule has 0 radical (unpaired) electrons. The number of amides is 3. The van der Waals surface area contributed by atoms with Gasteiger partial charge in [-0.05, 0) is 85.4 Å². The van der Waals surface area contributed by atoms with Gasteiger partial charge in [0.05, 0.1) is 23.2 Å². The van der Waals surface area contributed by atoms with Crippen molar-refractivity contribution in [2.75, 3.05) is 19.6 Å². The summed E-state index contributed by atoms with van der Waals surface area (Å²) in [5, 5.41) is 2.81. The Balaban J connectivity index is 1.30. The van der Waals surface area contributed by atoms with Gasteiger partial charge in [0.1, 0.15) is 17.5 Å². The molecule has 10 nitrogen and oxygen atoms in total. The molecule has 1 N–H and O–H groups in total. The van der Waals surface area contributed by atoms with Crippen molar-refractivity contribution in [2.24, 2.45) is 0 Å². The first-order valence-corrected chi connectivity index (χ1v) is 15.0. The smallest absolute Gasteiger partial charge is 0.444 e. The molecule has 42 heavy (non-hydrogen) atoms. The van der Waals surface area contributed by atoms with Gasteiger partial charge in [0.2, 0.25) is 11.8 Å². The van der Waals surface area contributed by atoms with Crippen molar-refractivity contribution >= 4 is 25.0 Å². The van der Waals surface area contributed by atoms with E-state index < -0.39 is 42.1 Å². The Bertz CT molecular complexity index is 1210. The average Bonchev–Trinajstić information content (AvgIpc) is 3.61. The lowest BCUT2D eigenvalue weighted by Gasteiger charge is -2.37. The van der Waals surface area contributed by atoms with Gasteiger partial charge in [-0.15, -0.1) is 0 Å². The zero-order valence-corrected chi connectivity index (χ0v) is 25.8. The Morgan fingerprint density at radius 3 is 2.50 bits per heavy atom. The molecule has 4 aliphatic rings. The van der Waals surface area contributed by atoms with Gasteiger partial charge in [-0.3, -0.25) is 14.5 Å². The molecule has 4 aliphatic heterocycles. The van der Waals surface area contributed by atoms with Crippen LogP contribution in [0.1, 0.15) is 73.3 Å². The first-order chi connectivity index (χ1) is 19.5. The molecule has 3 amide bonds. The number of benzene rings is 1. The van der Waals surface area contributed by atoms with Crippen molar-refractivity contribution in [1.29, 1.82) is 0 Å². The summed E-state index contributed by atoms with van der Waals surface area (Å²) >= 11 is 0. The fourth-order valence-corrected chi connectivity index (χ4v) is 6.44. The van der Waals surface area contributed by atoms with Gasteiger partial charge in [-0.1, -0.05) is 12.1 Å². The van der Waals surface area contributed by atoms with Gasteiger partial charge in [0, 0.05) is 32.2 Å². The van der Waals surface area contributed by atoms with Gasteiger partial charge in [-0.2, -0.15) is 0 Å². The summed E-state index contributed by atoms with van der Waals surface area (Å²) in [7, 11) is -0.579. The van der Waals surface area contributed by atoms with E-state index in [-0.39, 0.29) is 36.2 Å². The lowest BCUT2D eigenvalue weighted by Crippen LogP contribution is -2.60. The number of nitrogens with zero attached hydrogens (tertiary/aromatic N) is 3. The number of halogens is 1. The quantitative estimate of drug-likeness (QED) is 0.490. The number of rotatable bonds is 7. The number of fused-ring (bicyclic) bond motifs is 2. The molecule has 1 aromatic rings. The summed E-state index contributed by atoms with van der Waals surface area (Å²) in [5.74, 6) is -0.915. The van der Waals surface area contributed by atoms with Crippen molar-refractivity contribution in [3.8, 4) is 0 Å². The van der Waals surface area contributed by atoms with Crippen LogP contribution >= 0.6 is 0 Å². The summed E-state index contributed by atoms with van der Waals surface area (Å²) in [4.78, 5) is 46.0. The molecule has 4 saturated heterocycles. The van der Waals surface area contributed by atoms with Crippen LogP contribution in [0.15, 0.2) is 24.3 Å². The number of piperazine rings is 1. The van der Waals surface area contributed by atoms with Crippen molar-refractivity contribution in [3.63, 3.8) is 0 Å². The molecular formula is C30H44BFN4O6. The number of alkyl carbamates (subject to hydrolysis) is 1. The number of nitrogens with one attached hydrogen (secondary N) is 1. The van der Waals surface area contributed by atoms with E-state index in [2.05, 4.69) is 5.32 Å². The van der Waals surface area contributed by atoms with E-state index in [1.165, 1.54) is 12.1 Å². The molecule has 0 aliphatic carbocycles. The van der Waals surface area contributed by atoms with Crippen LogP contribution in [0, 0.1) is 5.82 Å². The normalized spacial score (nSPS) is 27.6. The molecule has 4 fully saturated rings. The number of likely N-dealkylation sites (tertiary alicyclic amines) is 3. The van der Waals surface area contributed by atoms with Gasteiger partial charge in [0.25, 0.3) is 0 Å². The predicted molar refractivity (Wildman–Crippen MR) is 155 cm³/mol. The summed E-state index contributed by atoms with van der Waals surface area (Å²) in [6.45, 7) is 14.8. The highest BCUT2D eigenvalue weighted by atomic mass is 19.1. The minimum absolute atomic E-state index is 0.0461. The minimum atomic E-state index is -0.924. The van der Waals surface area contributed by atoms with E-state index in [1.807, 2.05) is 38.7 Å². The monoisotopic (exact) mass is 586 g/mol. The van der Waals surface area contributed by atoms with Crippen LogP contribution in [0.3, 0.4) is 0 Å². The van der Waals surface area contributed by atoms with E-state index in [0.717, 1.165) is 18.4 Å². The lowest BCUT2D eigenvalue weighted by atomic mass is 9.76. The largest absolute Gasteiger partial charge is 0.482 e. The number of hydrogen-bond donors (Lipinski definition) is 1. The van der Waals surface area contributed by atoms with Crippen LogP contribution in [0.4, 0.5) is 9.18 Å². The molecule has 5 rings (SSSR count). The van der Waals surface area contributed by atoms with Crippen LogP contribution in [0.25, 0.3) is 0 Å². The fraction of sp³-hybridized carbons (Fsp3) is 0.700. The highest BCUT2D eigenvalue weighted by Crippen LogP contribution is 2.40. The fourth-order valence-electron chi connectivity index (χ4n) is 6.44. The van der Waals surface area contributed by atoms with E-state index in [0.29, 0.717) is 26.1 Å². The molecular weight excluding hydrogens is 542 g/mol. The molecule has 0 spiro atoms. The molecule has 4 heterocycles. The SMILES string of the molecule is CC(C)(C)OC(=O)N[C@@H](CN1C[C@H]2CC1C(=O)N2Cc1cccc(F)c1)C(=O)N1CCCC1B1OC(C)(C)C(C)(C)O1. The highest BCUT2D eigenvalue weighted by molar-refractivity contribution is 6.48. The lowest BCUT2D eigenvalue weighted by molar-refractivity contribution is -0.140. The second-order valence-corrected chi connectivity index (χ2v) is 14.0. The maximum atomic E-state index is 14.1. The standard InChI is InChI=1S/C30H44BFN4O6/c1-28(2,3)40-27(39)33-22(25(37)35-13-9-12-24(35)31-41-29(4,5)30(6,7)42-31)18-34-17-21-15-23(34)26(38)36(21)16-19-10-8-11-20(32)14-19/h8,10-11,14,21-24H,9,12-13,15-18H2,1-7H3,(H,33,39)/t21-,22+,23?,24?/m1/s1. The van der Waals surface area contributed by atoms with E-state index in [9.17, 15) is 18.8 Å². The number of carbonyl (C=O) groups excluding carboxylic acids is 3. The highest BCUT2D eigenvalue weighted by Gasteiger charge is 2.57. The number of hydrogen-bond acceptors (Lipinski definition) is 7. The van der Waals surface area contributed by atoms with Gasteiger partial charge < -0.3 is 29.2 Å². The van der Waals surface area contributed by atoms with Crippen LogP contribution in [-0.4, -0.2) is 100 Å². The van der Waals surface area contributed by atoms with Crippen LogP contribution in [-0.2, 0) is 30.2 Å². The topological polar surface area (TPSA) is 101 Å². The Labute approximate surface area is 248 Å². The van der Waals surface area contributed by atoms with Crippen molar-refractivity contribution < 1.29 is 32.8 Å². The summed E-state index contributed by atoms with van der Waals surface area (Å²) in [5.41, 5.74) is -1.06. The second-order valence-electron chi connectivity index (χ2n) is 14.0. The molecule has 2 unspecified atom stereocenters. The Hall–Kier alpha value is -2.70. The number of carbonyl (C=O) groups is 3. The predicted octanol–water partition coefficient (Wildman–Crippen LogP) is 3.13. The Morgan fingerprint density at radius 1 is 1.19 bits per heavy atom. The number of ether oxygens (including phenoxy) is 1. The summed E-state index contributed by atoms with van der Waals surface area (Å²) < 4.78 is 31.8. The molecule has 0 saturated carbocycles. The van der Waals surface area contributed by atoms with E-state index in [4.69, 9.17) is 14.0 Å². The third-order valence-corrected chi connectivity index (χ3v) is 9.21. The zero-order chi connectivity index (χ0) is 30.6. The Kier molecular flexibility index (Phi) is 8.13. The molecule has 0 aromatic heterocycles. The first kappa shape index (κ1) is 30.8. The van der Waals surface area contributed by atoms with E-state index in [1.54, 1.807) is 36.6 Å². The van der Waals surface area contributed by atoms with Crippen LogP contribution < -0.4 is 5.32 Å². The van der Waals surface area contributed by atoms with Crippen molar-refractivity contribution in [3.05, 3.63) is 35.6 Å². The molecule has 4 atom stereocenters. The third-order valence-electron chi connectivity index (χ3n) is 9.21. The first-order valence-electron chi connectivity index (χ1n) is 15.0. The average molecular weight is 587 g/mol. The molecule has 12 heteroatoms. The van der Waals surface area contributed by atoms with Crippen molar-refractivity contribution in [2.45, 2.75) is 115 Å².